The van der Waals surface area contributed by atoms with Crippen LogP contribution in [0.15, 0.2) is 0 Å². The number of nitrogens with one attached hydrogen (secondary N) is 1. The molecule has 80 valence electrons. The van der Waals surface area contributed by atoms with Crippen LogP contribution in [0.1, 0.15) is 20.3 Å². The van der Waals surface area contributed by atoms with Gasteiger partial charge in [-0.05, 0) is 27.4 Å². The van der Waals surface area contributed by atoms with Gasteiger partial charge in [0.1, 0.15) is 0 Å². The summed E-state index contributed by atoms with van der Waals surface area (Å²) < 4.78 is 5.52. The summed E-state index contributed by atoms with van der Waals surface area (Å²) in [5.74, 6) is 0. The number of hydrogen-bond donors (Lipinski definition) is 1. The first kappa shape index (κ1) is 12.9. The fourth-order valence-electron chi connectivity index (χ4n) is 0.878. The molecule has 0 aliphatic heterocycles. The molecule has 3 nitrogen and oxygen atoms in total. The molecule has 0 aromatic carbocycles. The van der Waals surface area contributed by atoms with Crippen molar-refractivity contribution in [1.82, 2.24) is 10.2 Å². The van der Waals surface area contributed by atoms with Gasteiger partial charge in [0, 0.05) is 19.6 Å². The van der Waals surface area contributed by atoms with E-state index in [0.717, 1.165) is 32.7 Å². The molecular weight excluding hydrogens is 164 g/mol. The topological polar surface area (TPSA) is 24.5 Å². The maximum absolute atomic E-state index is 5.52. The summed E-state index contributed by atoms with van der Waals surface area (Å²) in [4.78, 5) is 2.17. The van der Waals surface area contributed by atoms with E-state index in [2.05, 4.69) is 38.2 Å². The maximum atomic E-state index is 5.52. The first-order chi connectivity index (χ1) is 6.16. The quantitative estimate of drug-likeness (QED) is 0.574. The van der Waals surface area contributed by atoms with E-state index in [0.29, 0.717) is 6.10 Å². The monoisotopic (exact) mass is 188 g/mol. The molecule has 13 heavy (non-hydrogen) atoms. The van der Waals surface area contributed by atoms with Gasteiger partial charge in [0.05, 0.1) is 12.7 Å². The molecule has 0 aromatic rings. The molecule has 0 aliphatic rings. The minimum Gasteiger partial charge on any atom is -0.377 e. The lowest BCUT2D eigenvalue weighted by Crippen LogP contribution is -2.29. The summed E-state index contributed by atoms with van der Waals surface area (Å²) in [7, 11) is 4.16. The highest BCUT2D eigenvalue weighted by atomic mass is 16.5. The first-order valence-corrected chi connectivity index (χ1v) is 5.13. The summed E-state index contributed by atoms with van der Waals surface area (Å²) in [6, 6.07) is 0. The van der Waals surface area contributed by atoms with Crippen LogP contribution >= 0.6 is 0 Å². The largest absolute Gasteiger partial charge is 0.377 e. The van der Waals surface area contributed by atoms with Crippen LogP contribution in [0.25, 0.3) is 0 Å². The molecule has 0 amide bonds. The molecular formula is C10H24N2O. The Hall–Kier alpha value is -0.120. The molecule has 1 atom stereocenters. The fourth-order valence-corrected chi connectivity index (χ4v) is 0.878. The van der Waals surface area contributed by atoms with Crippen LogP contribution in [-0.4, -0.2) is 51.3 Å². The maximum Gasteiger partial charge on any atom is 0.0594 e. The molecule has 0 heterocycles. The van der Waals surface area contributed by atoms with Crippen LogP contribution < -0.4 is 5.32 Å². The van der Waals surface area contributed by atoms with Crippen molar-refractivity contribution in [3.05, 3.63) is 0 Å². The Balaban J connectivity index is 2.99. The Morgan fingerprint density at radius 2 is 2.00 bits per heavy atom. The van der Waals surface area contributed by atoms with Gasteiger partial charge in [0.25, 0.3) is 0 Å². The number of hydrogen-bond acceptors (Lipinski definition) is 3. The molecule has 0 aliphatic carbocycles. The van der Waals surface area contributed by atoms with E-state index >= 15 is 0 Å². The number of rotatable bonds is 8. The minimum absolute atomic E-state index is 0.399. The zero-order chi connectivity index (χ0) is 10.1. The Bertz CT molecular complexity index is 107. The van der Waals surface area contributed by atoms with Gasteiger partial charge in [-0.1, -0.05) is 6.92 Å². The highest BCUT2D eigenvalue weighted by Crippen LogP contribution is 1.93. The van der Waals surface area contributed by atoms with E-state index in [4.69, 9.17) is 4.74 Å². The third kappa shape index (κ3) is 9.80. The van der Waals surface area contributed by atoms with Gasteiger partial charge >= 0.3 is 0 Å². The molecule has 3 heteroatoms. The van der Waals surface area contributed by atoms with Crippen LogP contribution in [-0.2, 0) is 4.74 Å². The van der Waals surface area contributed by atoms with Gasteiger partial charge < -0.3 is 15.0 Å². The number of ether oxygens (including phenoxy) is 1. The average molecular weight is 188 g/mol. The van der Waals surface area contributed by atoms with Gasteiger partial charge in [-0.3, -0.25) is 0 Å². The van der Waals surface area contributed by atoms with Crippen LogP contribution in [0, 0.1) is 0 Å². The van der Waals surface area contributed by atoms with Crippen molar-refractivity contribution in [2.24, 2.45) is 0 Å². The Morgan fingerprint density at radius 1 is 1.31 bits per heavy atom. The molecule has 0 fully saturated rings. The third-order valence-corrected chi connectivity index (χ3v) is 1.99. The molecule has 0 radical (unpaired) electrons. The lowest BCUT2D eigenvalue weighted by Gasteiger charge is -2.12. The van der Waals surface area contributed by atoms with Crippen LogP contribution in [0.2, 0.25) is 0 Å². The highest BCUT2D eigenvalue weighted by molar-refractivity contribution is 4.51. The fraction of sp³-hybridized carbons (Fsp3) is 1.00. The number of nitrogens with zero attached hydrogens (tertiary/aromatic N) is 1. The zero-order valence-corrected chi connectivity index (χ0v) is 9.47. The molecule has 1 N–H and O–H groups in total. The average Bonchev–Trinajstić information content (AvgIpc) is 2.10. The standard InChI is InChI=1S/C10H24N2O/c1-5-10(2)13-9-7-11-6-8-12(3)4/h10-11H,5-9H2,1-4H3. The van der Waals surface area contributed by atoms with Gasteiger partial charge in [-0.25, -0.2) is 0 Å². The van der Waals surface area contributed by atoms with E-state index in [1.54, 1.807) is 0 Å². The van der Waals surface area contributed by atoms with Crippen molar-refractivity contribution in [2.75, 3.05) is 40.3 Å². The molecule has 0 rings (SSSR count). The Labute approximate surface area is 82.4 Å². The first-order valence-electron chi connectivity index (χ1n) is 5.13. The summed E-state index contributed by atoms with van der Waals surface area (Å²) in [6.07, 6.45) is 1.49. The SMILES string of the molecule is CCC(C)OCCNCCN(C)C. The predicted molar refractivity (Wildman–Crippen MR) is 57.1 cm³/mol. The lowest BCUT2D eigenvalue weighted by atomic mass is 10.3. The van der Waals surface area contributed by atoms with E-state index in [1.807, 2.05) is 0 Å². The highest BCUT2D eigenvalue weighted by Gasteiger charge is 1.96. The van der Waals surface area contributed by atoms with Crippen molar-refractivity contribution >= 4 is 0 Å². The summed E-state index contributed by atoms with van der Waals surface area (Å²) >= 11 is 0. The van der Waals surface area contributed by atoms with Crippen molar-refractivity contribution in [1.29, 1.82) is 0 Å². The predicted octanol–water partition coefficient (Wildman–Crippen LogP) is 0.953. The summed E-state index contributed by atoms with van der Waals surface area (Å²) in [5.41, 5.74) is 0. The molecule has 0 spiro atoms. The second kappa shape index (κ2) is 8.48. The zero-order valence-electron chi connectivity index (χ0n) is 9.47. The second-order valence-electron chi connectivity index (χ2n) is 3.64. The van der Waals surface area contributed by atoms with Crippen LogP contribution in [0.4, 0.5) is 0 Å². The third-order valence-electron chi connectivity index (χ3n) is 1.99. The normalized spacial score (nSPS) is 13.6. The number of likely N-dealkylation sites (N-methyl/N-ethyl adjacent to an activating group) is 1. The van der Waals surface area contributed by atoms with Gasteiger partial charge in [0.15, 0.2) is 0 Å². The molecule has 1 unspecified atom stereocenters. The molecule has 0 aromatic heterocycles. The smallest absolute Gasteiger partial charge is 0.0594 e. The summed E-state index contributed by atoms with van der Waals surface area (Å²) in [6.45, 7) is 8.16. The Kier molecular flexibility index (Phi) is 8.40. The van der Waals surface area contributed by atoms with Gasteiger partial charge in [-0.15, -0.1) is 0 Å². The van der Waals surface area contributed by atoms with Crippen molar-refractivity contribution < 1.29 is 4.74 Å². The second-order valence-corrected chi connectivity index (χ2v) is 3.64. The minimum atomic E-state index is 0.399. The van der Waals surface area contributed by atoms with Crippen LogP contribution in [0.3, 0.4) is 0 Å². The molecule has 0 saturated heterocycles. The van der Waals surface area contributed by atoms with E-state index in [-0.39, 0.29) is 0 Å². The van der Waals surface area contributed by atoms with Crippen molar-refractivity contribution in [2.45, 2.75) is 26.4 Å². The summed E-state index contributed by atoms with van der Waals surface area (Å²) in [5, 5.41) is 3.33. The van der Waals surface area contributed by atoms with E-state index in [9.17, 15) is 0 Å². The molecule has 0 bridgehead atoms. The van der Waals surface area contributed by atoms with Crippen molar-refractivity contribution in [3.63, 3.8) is 0 Å². The van der Waals surface area contributed by atoms with Gasteiger partial charge in [0.2, 0.25) is 0 Å². The van der Waals surface area contributed by atoms with Crippen molar-refractivity contribution in [3.8, 4) is 0 Å². The van der Waals surface area contributed by atoms with Crippen LogP contribution in [0.5, 0.6) is 0 Å². The van der Waals surface area contributed by atoms with E-state index in [1.165, 1.54) is 0 Å². The van der Waals surface area contributed by atoms with Gasteiger partial charge in [-0.2, -0.15) is 0 Å². The van der Waals surface area contributed by atoms with E-state index < -0.39 is 0 Å². The lowest BCUT2D eigenvalue weighted by molar-refractivity contribution is 0.0655. The Morgan fingerprint density at radius 3 is 2.54 bits per heavy atom. The molecule has 0 saturated carbocycles.